The van der Waals surface area contributed by atoms with E-state index in [-0.39, 0.29) is 37.3 Å². The van der Waals surface area contributed by atoms with Gasteiger partial charge in [0.2, 0.25) is 0 Å². The Hall–Kier alpha value is -2.60. The lowest BCUT2D eigenvalue weighted by Gasteiger charge is -2.28. The van der Waals surface area contributed by atoms with E-state index < -0.39 is 0 Å². The first-order valence-corrected chi connectivity index (χ1v) is 28.7. The van der Waals surface area contributed by atoms with Crippen molar-refractivity contribution in [2.24, 2.45) is 11.8 Å². The van der Waals surface area contributed by atoms with Crippen LogP contribution >= 0.6 is 0 Å². The molecule has 0 atom stereocenters. The number of esters is 2. The van der Waals surface area contributed by atoms with Gasteiger partial charge in [-0.3, -0.25) is 14.5 Å². The van der Waals surface area contributed by atoms with Crippen LogP contribution in [0.2, 0.25) is 0 Å². The lowest BCUT2D eigenvalue weighted by Crippen LogP contribution is -2.41. The van der Waals surface area contributed by atoms with E-state index >= 15 is 0 Å². The number of rotatable bonds is 49. The van der Waals surface area contributed by atoms with Crippen LogP contribution in [0.25, 0.3) is 0 Å². The van der Waals surface area contributed by atoms with Crippen molar-refractivity contribution in [2.75, 3.05) is 91.9 Å². The topological polar surface area (TPSA) is 118 Å². The second kappa shape index (κ2) is 48.0. The third-order valence-corrected chi connectivity index (χ3v) is 13.4. The summed E-state index contributed by atoms with van der Waals surface area (Å²) in [6.45, 7) is 26.0. The highest BCUT2D eigenvalue weighted by atomic mass is 16.6. The molecule has 0 bridgehead atoms. The Kier molecular flexibility index (Phi) is 46.2. The molecule has 0 fully saturated rings. The van der Waals surface area contributed by atoms with Gasteiger partial charge in [-0.2, -0.15) is 0 Å². The molecule has 0 aliphatic carbocycles. The van der Waals surface area contributed by atoms with E-state index in [1.165, 1.54) is 77.0 Å². The van der Waals surface area contributed by atoms with E-state index in [9.17, 15) is 19.2 Å². The Morgan fingerprint density at radius 3 is 0.971 bits per heavy atom. The molecule has 0 spiro atoms. The van der Waals surface area contributed by atoms with Crippen LogP contribution in [0.5, 0.6) is 0 Å². The summed E-state index contributed by atoms with van der Waals surface area (Å²) in [6.07, 6.45) is 27.9. The van der Waals surface area contributed by atoms with Crippen LogP contribution in [-0.2, 0) is 28.5 Å². The molecule has 12 heteroatoms. The van der Waals surface area contributed by atoms with Crippen molar-refractivity contribution in [3.05, 3.63) is 0 Å². The Labute approximate surface area is 419 Å². The lowest BCUT2D eigenvalue weighted by atomic mass is 9.96. The average Bonchev–Trinajstić information content (AvgIpc) is 3.33. The van der Waals surface area contributed by atoms with Gasteiger partial charge >= 0.3 is 24.1 Å². The summed E-state index contributed by atoms with van der Waals surface area (Å²) in [5.74, 6) is 0.626. The standard InChI is InChI=1S/C56H110N4O8/c1-9-17-23-33-51(34-24-18-10-2)49-67-53(61)37-27-31-41-59(39-29-21-13-5)55(63)65-47-45-58(44-43-57(15-7)16-8)46-48-66-56(64)60(40-30-22-14-6)42-32-28-38-54(62)68-50-52(35-25-19-11-3)36-26-20-12-4/h51-52H,9-50H2,1-8H3. The molecule has 0 radical (unpaired) electrons. The molecule has 68 heavy (non-hydrogen) atoms. The minimum absolute atomic E-state index is 0.135. The molecule has 0 aromatic carbocycles. The normalized spacial score (nSPS) is 11.5. The van der Waals surface area contributed by atoms with E-state index in [1.807, 2.05) is 0 Å². The number of likely N-dealkylation sites (N-methyl/N-ethyl adjacent to an activating group) is 1. The third kappa shape index (κ3) is 38.2. The fourth-order valence-corrected chi connectivity index (χ4v) is 8.62. The molecule has 0 aromatic heterocycles. The monoisotopic (exact) mass is 967 g/mol. The molecule has 2 amide bonds. The third-order valence-electron chi connectivity index (χ3n) is 13.4. The van der Waals surface area contributed by atoms with E-state index in [0.29, 0.717) is 90.0 Å². The van der Waals surface area contributed by atoms with Gasteiger partial charge in [-0.25, -0.2) is 9.59 Å². The Bertz CT molecular complexity index is 1070. The molecule has 402 valence electrons. The van der Waals surface area contributed by atoms with E-state index in [4.69, 9.17) is 18.9 Å². The molecule has 0 saturated carbocycles. The smallest absolute Gasteiger partial charge is 0.409 e. The zero-order valence-corrected chi connectivity index (χ0v) is 45.9. The maximum absolute atomic E-state index is 13.5. The van der Waals surface area contributed by atoms with Crippen molar-refractivity contribution in [1.82, 2.24) is 19.6 Å². The van der Waals surface area contributed by atoms with Crippen LogP contribution in [-0.4, -0.2) is 136 Å². The second-order valence-electron chi connectivity index (χ2n) is 19.5. The van der Waals surface area contributed by atoms with Gasteiger partial charge in [0.1, 0.15) is 13.2 Å². The van der Waals surface area contributed by atoms with Crippen molar-refractivity contribution < 1.29 is 38.1 Å². The predicted molar refractivity (Wildman–Crippen MR) is 282 cm³/mol. The van der Waals surface area contributed by atoms with Gasteiger partial charge < -0.3 is 33.6 Å². The van der Waals surface area contributed by atoms with Crippen LogP contribution in [0.4, 0.5) is 9.59 Å². The molecule has 0 unspecified atom stereocenters. The minimum Gasteiger partial charge on any atom is -0.465 e. The van der Waals surface area contributed by atoms with Gasteiger partial charge in [0.15, 0.2) is 0 Å². The average molecular weight is 968 g/mol. The molecule has 0 heterocycles. The van der Waals surface area contributed by atoms with Gasteiger partial charge in [-0.05, 0) is 89.1 Å². The lowest BCUT2D eigenvalue weighted by molar-refractivity contribution is -0.146. The molecule has 0 aliphatic rings. The fraction of sp³-hybridized carbons (Fsp3) is 0.929. The second-order valence-corrected chi connectivity index (χ2v) is 19.5. The molecule has 0 rings (SSSR count). The van der Waals surface area contributed by atoms with Crippen LogP contribution in [0.15, 0.2) is 0 Å². The van der Waals surface area contributed by atoms with Crippen LogP contribution in [0.1, 0.15) is 235 Å². The number of unbranched alkanes of at least 4 members (excludes halogenated alkanes) is 14. The number of ether oxygens (including phenoxy) is 4. The molecule has 0 aromatic rings. The maximum atomic E-state index is 13.5. The number of nitrogens with zero attached hydrogens (tertiary/aromatic N) is 4. The summed E-state index contributed by atoms with van der Waals surface area (Å²) < 4.78 is 23.3. The number of carbonyl (C=O) groups is 4. The first kappa shape index (κ1) is 65.4. The largest absolute Gasteiger partial charge is 0.465 e. The summed E-state index contributed by atoms with van der Waals surface area (Å²) in [5, 5.41) is 0. The van der Waals surface area contributed by atoms with Gasteiger partial charge in [0.05, 0.1) is 13.2 Å². The maximum Gasteiger partial charge on any atom is 0.409 e. The molecule has 0 aliphatic heterocycles. The summed E-state index contributed by atoms with van der Waals surface area (Å²) >= 11 is 0. The van der Waals surface area contributed by atoms with Crippen molar-refractivity contribution in [3.8, 4) is 0 Å². The first-order valence-electron chi connectivity index (χ1n) is 28.7. The highest BCUT2D eigenvalue weighted by Gasteiger charge is 2.20. The highest BCUT2D eigenvalue weighted by molar-refractivity contribution is 5.70. The van der Waals surface area contributed by atoms with Crippen LogP contribution < -0.4 is 0 Å². The number of hydrogen-bond donors (Lipinski definition) is 0. The number of amides is 2. The Morgan fingerprint density at radius 1 is 0.338 bits per heavy atom. The highest BCUT2D eigenvalue weighted by Crippen LogP contribution is 2.20. The SMILES string of the molecule is CCCCCC(CCCCC)COC(=O)CCCCN(CCCCC)C(=O)OCCN(CCOC(=O)N(CCCCC)CCCCC(=O)OCC(CCCCC)CCCCC)CCN(CC)CC. The van der Waals surface area contributed by atoms with Gasteiger partial charge in [0, 0.05) is 65.2 Å². The Morgan fingerprint density at radius 2 is 0.647 bits per heavy atom. The van der Waals surface area contributed by atoms with Crippen molar-refractivity contribution in [3.63, 3.8) is 0 Å². The van der Waals surface area contributed by atoms with E-state index in [1.54, 1.807) is 9.80 Å². The number of hydrogen-bond acceptors (Lipinski definition) is 10. The van der Waals surface area contributed by atoms with Gasteiger partial charge in [-0.1, -0.05) is 158 Å². The van der Waals surface area contributed by atoms with Crippen molar-refractivity contribution >= 4 is 24.1 Å². The van der Waals surface area contributed by atoms with Gasteiger partial charge in [-0.15, -0.1) is 0 Å². The zero-order chi connectivity index (χ0) is 50.3. The molecule has 0 N–H and O–H groups in total. The predicted octanol–water partition coefficient (Wildman–Crippen LogP) is 13.9. The molecule has 0 saturated heterocycles. The van der Waals surface area contributed by atoms with Crippen molar-refractivity contribution in [2.45, 2.75) is 235 Å². The summed E-state index contributed by atoms with van der Waals surface area (Å²) in [5.41, 5.74) is 0. The summed E-state index contributed by atoms with van der Waals surface area (Å²) in [7, 11) is 0. The Balaban J connectivity index is 5.21. The van der Waals surface area contributed by atoms with Crippen molar-refractivity contribution in [1.29, 1.82) is 0 Å². The summed E-state index contributed by atoms with van der Waals surface area (Å²) in [4.78, 5) is 60.5. The van der Waals surface area contributed by atoms with Gasteiger partial charge in [0.25, 0.3) is 0 Å². The number of carbonyl (C=O) groups excluding carboxylic acids is 4. The minimum atomic E-state index is -0.314. The quantitative estimate of drug-likeness (QED) is 0.0331. The molecule has 12 nitrogen and oxygen atoms in total. The van der Waals surface area contributed by atoms with E-state index in [0.717, 1.165) is 103 Å². The summed E-state index contributed by atoms with van der Waals surface area (Å²) in [6, 6.07) is 0. The van der Waals surface area contributed by atoms with Crippen LogP contribution in [0, 0.1) is 11.8 Å². The molecular weight excluding hydrogens is 857 g/mol. The zero-order valence-electron chi connectivity index (χ0n) is 45.9. The first-order chi connectivity index (χ1) is 33.1. The van der Waals surface area contributed by atoms with E-state index in [2.05, 4.69) is 65.2 Å². The molecular formula is C56H110N4O8. The fourth-order valence-electron chi connectivity index (χ4n) is 8.62. The van der Waals surface area contributed by atoms with Crippen LogP contribution in [0.3, 0.4) is 0 Å².